The highest BCUT2D eigenvalue weighted by Gasteiger charge is 2.30. The van der Waals surface area contributed by atoms with E-state index >= 15 is 0 Å². The van der Waals surface area contributed by atoms with E-state index in [1.165, 1.54) is 0 Å². The molecule has 6 rings (SSSR count). The molecule has 4 nitrogen and oxygen atoms in total. The smallest absolute Gasteiger partial charge is 0.264 e. The lowest BCUT2D eigenvalue weighted by Gasteiger charge is -2.23. The van der Waals surface area contributed by atoms with E-state index in [0.29, 0.717) is 32.7 Å². The number of hydrogen-bond acceptors (Lipinski definition) is 3. The van der Waals surface area contributed by atoms with Crippen molar-refractivity contribution in [3.63, 3.8) is 0 Å². The van der Waals surface area contributed by atoms with Crippen molar-refractivity contribution in [3.8, 4) is 5.69 Å². The first kappa shape index (κ1) is 23.4. The van der Waals surface area contributed by atoms with Crippen molar-refractivity contribution in [2.75, 3.05) is 0 Å². The molecule has 0 aliphatic rings. The molecule has 0 spiro atoms. The summed E-state index contributed by atoms with van der Waals surface area (Å²) in [6.45, 7) is 0. The van der Waals surface area contributed by atoms with Gasteiger partial charge in [-0.2, -0.15) is 0 Å². The maximum Gasteiger partial charge on any atom is 0.264 e. The summed E-state index contributed by atoms with van der Waals surface area (Å²) in [5.41, 5.74) is 1.69. The Labute approximate surface area is 219 Å². The van der Waals surface area contributed by atoms with Crippen molar-refractivity contribution in [1.82, 2.24) is 9.55 Å². The van der Waals surface area contributed by atoms with Crippen LogP contribution in [0.4, 0.5) is 0 Å². The standard InChI is InChI=1S/C31H22ClN2O2P/c32-27-17-7-11-23-20-24(21-37(36,25-13-3-1-4-14-25)26-15-5-2-6-16-26)34(31(35)29(23)27)28-18-8-10-22-12-9-19-33-30(22)28/h1-20H,21H2. The fourth-order valence-electron chi connectivity index (χ4n) is 4.92. The molecule has 0 aliphatic heterocycles. The maximum atomic E-state index is 15.0. The Kier molecular flexibility index (Phi) is 6.00. The Bertz CT molecular complexity index is 1820. The van der Waals surface area contributed by atoms with Gasteiger partial charge in [0.05, 0.1) is 21.6 Å². The summed E-state index contributed by atoms with van der Waals surface area (Å²) < 4.78 is 16.6. The van der Waals surface area contributed by atoms with Gasteiger partial charge in [0.25, 0.3) is 5.56 Å². The Morgan fingerprint density at radius 1 is 0.730 bits per heavy atom. The summed E-state index contributed by atoms with van der Waals surface area (Å²) in [5.74, 6) is 0. The summed E-state index contributed by atoms with van der Waals surface area (Å²) in [6, 6.07) is 35.9. The molecule has 0 saturated heterocycles. The predicted molar refractivity (Wildman–Crippen MR) is 153 cm³/mol. The third-order valence-electron chi connectivity index (χ3n) is 6.66. The lowest BCUT2D eigenvalue weighted by atomic mass is 10.1. The third kappa shape index (κ3) is 4.09. The van der Waals surface area contributed by atoms with Gasteiger partial charge in [0.1, 0.15) is 7.14 Å². The second-order valence-electron chi connectivity index (χ2n) is 8.90. The molecule has 6 aromatic rings. The summed E-state index contributed by atoms with van der Waals surface area (Å²) in [4.78, 5) is 18.7. The number of nitrogens with zero attached hydrogens (tertiary/aromatic N) is 2. The highest BCUT2D eigenvalue weighted by atomic mass is 35.5. The molecule has 0 radical (unpaired) electrons. The number of para-hydroxylation sites is 1. The molecular formula is C31H22ClN2O2P. The van der Waals surface area contributed by atoms with Gasteiger partial charge < -0.3 is 4.57 Å². The van der Waals surface area contributed by atoms with E-state index in [1.54, 1.807) is 16.8 Å². The third-order valence-corrected chi connectivity index (χ3v) is 10.0. The molecule has 37 heavy (non-hydrogen) atoms. The number of hydrogen-bond donors (Lipinski definition) is 0. The lowest BCUT2D eigenvalue weighted by molar-refractivity contribution is 0.585. The van der Waals surface area contributed by atoms with Crippen LogP contribution in [0.1, 0.15) is 5.69 Å². The SMILES string of the molecule is O=c1c2c(Cl)cccc2cc(CP(=O)(c2ccccc2)c2ccccc2)n1-c1cccc2cccnc12. The van der Waals surface area contributed by atoms with Gasteiger partial charge in [-0.25, -0.2) is 0 Å². The van der Waals surface area contributed by atoms with Crippen LogP contribution in [0.2, 0.25) is 5.02 Å². The van der Waals surface area contributed by atoms with Crippen LogP contribution in [0, 0.1) is 0 Å². The fraction of sp³-hybridized carbons (Fsp3) is 0.0323. The van der Waals surface area contributed by atoms with Crippen molar-refractivity contribution < 1.29 is 4.57 Å². The quantitative estimate of drug-likeness (QED) is 0.237. The van der Waals surface area contributed by atoms with Gasteiger partial charge in [-0.3, -0.25) is 14.3 Å². The molecule has 2 aromatic heterocycles. The molecular weight excluding hydrogens is 499 g/mol. The van der Waals surface area contributed by atoms with Crippen LogP contribution < -0.4 is 16.2 Å². The van der Waals surface area contributed by atoms with Crippen LogP contribution in [-0.2, 0) is 10.7 Å². The number of pyridine rings is 2. The van der Waals surface area contributed by atoms with E-state index in [-0.39, 0.29) is 11.7 Å². The van der Waals surface area contributed by atoms with E-state index < -0.39 is 7.14 Å². The molecule has 2 heterocycles. The molecule has 0 N–H and O–H groups in total. The number of benzene rings is 4. The molecule has 0 aliphatic carbocycles. The lowest BCUT2D eigenvalue weighted by Crippen LogP contribution is -2.25. The molecule has 0 fully saturated rings. The number of halogens is 1. The molecule has 0 atom stereocenters. The summed E-state index contributed by atoms with van der Waals surface area (Å²) in [6.07, 6.45) is 1.87. The molecule has 0 unspecified atom stereocenters. The first-order chi connectivity index (χ1) is 18.1. The Morgan fingerprint density at radius 3 is 2.05 bits per heavy atom. The number of aromatic nitrogens is 2. The van der Waals surface area contributed by atoms with Crippen LogP contribution in [-0.4, -0.2) is 9.55 Å². The highest BCUT2D eigenvalue weighted by molar-refractivity contribution is 7.78. The minimum atomic E-state index is -3.18. The van der Waals surface area contributed by atoms with Gasteiger partial charge in [-0.1, -0.05) is 103 Å². The van der Waals surface area contributed by atoms with Crippen molar-refractivity contribution in [1.29, 1.82) is 0 Å². The maximum absolute atomic E-state index is 15.0. The zero-order valence-corrected chi connectivity index (χ0v) is 21.4. The predicted octanol–water partition coefficient (Wildman–Crippen LogP) is 6.71. The van der Waals surface area contributed by atoms with E-state index in [2.05, 4.69) is 4.98 Å². The van der Waals surface area contributed by atoms with Gasteiger partial charge >= 0.3 is 0 Å². The Hall–Kier alpha value is -3.98. The van der Waals surface area contributed by atoms with Crippen molar-refractivity contribution in [2.24, 2.45) is 0 Å². The first-order valence-corrected chi connectivity index (χ1v) is 14.2. The van der Waals surface area contributed by atoms with Crippen LogP contribution in [0.3, 0.4) is 0 Å². The van der Waals surface area contributed by atoms with E-state index in [4.69, 9.17) is 11.6 Å². The summed E-state index contributed by atoms with van der Waals surface area (Å²) >= 11 is 6.53. The normalized spacial score (nSPS) is 11.7. The number of fused-ring (bicyclic) bond motifs is 2. The Morgan fingerprint density at radius 2 is 1.35 bits per heavy atom. The minimum Gasteiger partial charge on any atom is -0.313 e. The van der Waals surface area contributed by atoms with E-state index in [9.17, 15) is 9.36 Å². The molecule has 4 aromatic carbocycles. The Balaban J connectivity index is 1.69. The zero-order chi connectivity index (χ0) is 25.4. The monoisotopic (exact) mass is 520 g/mol. The van der Waals surface area contributed by atoms with Crippen LogP contribution >= 0.6 is 18.7 Å². The largest absolute Gasteiger partial charge is 0.313 e. The van der Waals surface area contributed by atoms with Crippen LogP contribution in [0.5, 0.6) is 0 Å². The van der Waals surface area contributed by atoms with Crippen LogP contribution in [0.15, 0.2) is 126 Å². The summed E-state index contributed by atoms with van der Waals surface area (Å²) in [7, 11) is -3.18. The van der Waals surface area contributed by atoms with Gasteiger partial charge in [0, 0.05) is 34.0 Å². The van der Waals surface area contributed by atoms with Crippen molar-refractivity contribution in [3.05, 3.63) is 143 Å². The summed E-state index contributed by atoms with van der Waals surface area (Å²) in [5, 5.41) is 3.90. The zero-order valence-electron chi connectivity index (χ0n) is 19.8. The van der Waals surface area contributed by atoms with Gasteiger partial charge in [0.15, 0.2) is 0 Å². The van der Waals surface area contributed by atoms with Crippen LogP contribution in [0.25, 0.3) is 27.4 Å². The fourth-order valence-corrected chi connectivity index (χ4v) is 7.84. The highest BCUT2D eigenvalue weighted by Crippen LogP contribution is 2.47. The average molecular weight is 521 g/mol. The minimum absolute atomic E-state index is 0.155. The molecule has 6 heteroatoms. The molecule has 0 bridgehead atoms. The van der Waals surface area contributed by atoms with E-state index in [0.717, 1.165) is 16.0 Å². The van der Waals surface area contributed by atoms with Crippen molar-refractivity contribution in [2.45, 2.75) is 6.16 Å². The van der Waals surface area contributed by atoms with Gasteiger partial charge in [-0.15, -0.1) is 0 Å². The molecule has 0 saturated carbocycles. The van der Waals surface area contributed by atoms with E-state index in [1.807, 2.05) is 109 Å². The number of rotatable bonds is 5. The molecule has 180 valence electrons. The van der Waals surface area contributed by atoms with Gasteiger partial charge in [-0.05, 0) is 29.7 Å². The first-order valence-electron chi connectivity index (χ1n) is 11.9. The second-order valence-corrected chi connectivity index (χ2v) is 12.1. The van der Waals surface area contributed by atoms with Gasteiger partial charge in [0.2, 0.25) is 0 Å². The average Bonchev–Trinajstić information content (AvgIpc) is 2.94. The second kappa shape index (κ2) is 9.48. The topological polar surface area (TPSA) is 52.0 Å². The molecule has 0 amide bonds. The van der Waals surface area contributed by atoms with Crippen molar-refractivity contribution >= 4 is 51.0 Å².